The van der Waals surface area contributed by atoms with Crippen molar-refractivity contribution >= 4 is 38.3 Å². The zero-order valence-electron chi connectivity index (χ0n) is 23.3. The lowest BCUT2D eigenvalue weighted by Gasteiger charge is -2.11. The van der Waals surface area contributed by atoms with Crippen LogP contribution in [0.1, 0.15) is 0 Å². The summed E-state index contributed by atoms with van der Waals surface area (Å²) in [5.41, 5.74) is 5.04. The van der Waals surface area contributed by atoms with Crippen LogP contribution in [0.25, 0.3) is 72.4 Å². The van der Waals surface area contributed by atoms with Crippen molar-refractivity contribution in [1.29, 1.82) is 0 Å². The topological polar surface area (TPSA) is 86.7 Å². The number of hydrogen-bond acceptors (Lipinski definition) is 5. The Morgan fingerprint density at radius 1 is 0.523 bits per heavy atom. The van der Waals surface area contributed by atoms with E-state index >= 15 is 0 Å². The van der Waals surface area contributed by atoms with Gasteiger partial charge in [-0.05, 0) is 40.6 Å². The molecule has 0 saturated heterocycles. The summed E-state index contributed by atoms with van der Waals surface area (Å²) in [6.07, 6.45) is 0. The van der Waals surface area contributed by atoms with Gasteiger partial charge in [0.05, 0.1) is 21.5 Å². The maximum atomic E-state index is 12.2. The summed E-state index contributed by atoms with van der Waals surface area (Å²) >= 11 is 0. The van der Waals surface area contributed by atoms with Crippen LogP contribution < -0.4 is 0 Å². The van der Waals surface area contributed by atoms with Crippen molar-refractivity contribution < 1.29 is 4.92 Å². The molecule has 0 atom stereocenters. The molecule has 0 aliphatic carbocycles. The van der Waals surface area contributed by atoms with Gasteiger partial charge in [-0.15, -0.1) is 0 Å². The third-order valence-corrected chi connectivity index (χ3v) is 7.95. The van der Waals surface area contributed by atoms with Crippen LogP contribution in [0.4, 0.5) is 5.69 Å². The number of para-hydroxylation sites is 1. The molecular weight excluding hydrogens is 546 g/mol. The molecule has 0 radical (unpaired) electrons. The number of nitrogens with zero attached hydrogens (tertiary/aromatic N) is 5. The molecule has 8 aromatic rings. The molecule has 0 aliphatic heterocycles. The molecule has 6 aromatic carbocycles. The van der Waals surface area contributed by atoms with E-state index in [2.05, 4.69) is 6.07 Å². The molecule has 208 valence electrons. The van der Waals surface area contributed by atoms with E-state index in [0.29, 0.717) is 23.2 Å². The van der Waals surface area contributed by atoms with Gasteiger partial charge in [-0.25, -0.2) is 4.98 Å². The lowest BCUT2D eigenvalue weighted by Crippen LogP contribution is -2.06. The van der Waals surface area contributed by atoms with Crippen molar-refractivity contribution in [3.63, 3.8) is 0 Å². The van der Waals surface area contributed by atoms with Crippen LogP contribution in [0.2, 0.25) is 0 Å². The molecule has 0 spiro atoms. The van der Waals surface area contributed by atoms with Gasteiger partial charge in [-0.3, -0.25) is 14.7 Å². The average molecular weight is 570 g/mol. The summed E-state index contributed by atoms with van der Waals surface area (Å²) in [5.74, 6) is 1.64. The highest BCUT2D eigenvalue weighted by Crippen LogP contribution is 2.40. The van der Waals surface area contributed by atoms with Gasteiger partial charge in [-0.1, -0.05) is 109 Å². The average Bonchev–Trinajstić information content (AvgIpc) is 3.42. The fourth-order valence-electron chi connectivity index (χ4n) is 5.96. The molecule has 8 rings (SSSR count). The predicted molar refractivity (Wildman–Crippen MR) is 175 cm³/mol. The van der Waals surface area contributed by atoms with Crippen LogP contribution in [0.3, 0.4) is 0 Å². The van der Waals surface area contributed by atoms with Crippen LogP contribution in [0.5, 0.6) is 0 Å². The number of rotatable bonds is 5. The standard InChI is InChI=1S/C37H23N5O2/c43-42(44)33-22-19-24-11-7-8-16-28(24)34(33)27-20-21-32-30(23-27)29-17-9-10-18-31(29)41(32)37-39-35(25-12-3-1-4-13-25)38-36(40-37)26-14-5-2-6-15-26/h1-23H. The first-order valence-corrected chi connectivity index (χ1v) is 14.2. The highest BCUT2D eigenvalue weighted by atomic mass is 16.6. The summed E-state index contributed by atoms with van der Waals surface area (Å²) in [4.78, 5) is 26.7. The Hall–Kier alpha value is -6.21. The Labute approximate surface area is 251 Å². The molecule has 2 aromatic heterocycles. The second-order valence-electron chi connectivity index (χ2n) is 10.5. The van der Waals surface area contributed by atoms with E-state index in [0.717, 1.165) is 49.3 Å². The van der Waals surface area contributed by atoms with Crippen LogP contribution in [-0.2, 0) is 0 Å². The van der Waals surface area contributed by atoms with Crippen molar-refractivity contribution in [2.75, 3.05) is 0 Å². The molecular formula is C37H23N5O2. The van der Waals surface area contributed by atoms with Crippen LogP contribution in [0, 0.1) is 10.1 Å². The zero-order chi connectivity index (χ0) is 29.6. The Kier molecular flexibility index (Phi) is 5.94. The summed E-state index contributed by atoms with van der Waals surface area (Å²) in [5, 5.41) is 15.9. The molecule has 0 unspecified atom stereocenters. The van der Waals surface area contributed by atoms with Crippen LogP contribution in [-0.4, -0.2) is 24.4 Å². The molecule has 7 heteroatoms. The van der Waals surface area contributed by atoms with E-state index in [4.69, 9.17) is 15.0 Å². The summed E-state index contributed by atoms with van der Waals surface area (Å²) in [6, 6.07) is 45.0. The normalized spacial score (nSPS) is 11.4. The first-order chi connectivity index (χ1) is 21.7. The molecule has 0 bridgehead atoms. The van der Waals surface area contributed by atoms with Gasteiger partial charge >= 0.3 is 0 Å². The lowest BCUT2D eigenvalue weighted by molar-refractivity contribution is -0.384. The van der Waals surface area contributed by atoms with Gasteiger partial charge in [0.1, 0.15) is 0 Å². The maximum Gasteiger partial charge on any atom is 0.277 e. The van der Waals surface area contributed by atoms with E-state index in [1.54, 1.807) is 12.1 Å². The van der Waals surface area contributed by atoms with Gasteiger partial charge in [-0.2, -0.15) is 9.97 Å². The third kappa shape index (κ3) is 4.18. The van der Waals surface area contributed by atoms with Gasteiger partial charge in [0.15, 0.2) is 11.6 Å². The molecule has 7 nitrogen and oxygen atoms in total. The number of fused-ring (bicyclic) bond motifs is 4. The first-order valence-electron chi connectivity index (χ1n) is 14.2. The second kappa shape index (κ2) is 10.3. The Bertz CT molecular complexity index is 2310. The van der Waals surface area contributed by atoms with E-state index < -0.39 is 0 Å². The monoisotopic (exact) mass is 569 g/mol. The van der Waals surface area contributed by atoms with E-state index in [-0.39, 0.29) is 10.6 Å². The largest absolute Gasteiger partial charge is 0.278 e. The van der Waals surface area contributed by atoms with Gasteiger partial charge in [0.25, 0.3) is 5.69 Å². The molecule has 2 heterocycles. The third-order valence-electron chi connectivity index (χ3n) is 7.95. The van der Waals surface area contributed by atoms with Crippen molar-refractivity contribution in [2.45, 2.75) is 0 Å². The Morgan fingerprint density at radius 2 is 1.11 bits per heavy atom. The lowest BCUT2D eigenvalue weighted by atomic mass is 9.95. The van der Waals surface area contributed by atoms with Crippen molar-refractivity contribution in [3.8, 4) is 39.9 Å². The van der Waals surface area contributed by atoms with Crippen molar-refractivity contribution in [3.05, 3.63) is 150 Å². The van der Waals surface area contributed by atoms with Crippen molar-refractivity contribution in [1.82, 2.24) is 19.5 Å². The number of aromatic nitrogens is 4. The number of hydrogen-bond donors (Lipinski definition) is 0. The number of benzene rings is 6. The minimum Gasteiger partial charge on any atom is -0.278 e. The smallest absolute Gasteiger partial charge is 0.277 e. The molecule has 0 amide bonds. The first kappa shape index (κ1) is 25.5. The Morgan fingerprint density at radius 3 is 1.80 bits per heavy atom. The summed E-state index contributed by atoms with van der Waals surface area (Å²) in [7, 11) is 0. The van der Waals surface area contributed by atoms with E-state index in [1.165, 1.54) is 0 Å². The summed E-state index contributed by atoms with van der Waals surface area (Å²) < 4.78 is 2.05. The fraction of sp³-hybridized carbons (Fsp3) is 0. The molecule has 0 saturated carbocycles. The minimum absolute atomic E-state index is 0.0734. The molecule has 44 heavy (non-hydrogen) atoms. The SMILES string of the molecule is O=[N+]([O-])c1ccc2ccccc2c1-c1ccc2c(c1)c1ccccc1n2-c1nc(-c2ccccc2)nc(-c2ccccc2)n1. The minimum atomic E-state index is -0.309. The van der Waals surface area contributed by atoms with Gasteiger partial charge < -0.3 is 0 Å². The summed E-state index contributed by atoms with van der Waals surface area (Å²) in [6.45, 7) is 0. The predicted octanol–water partition coefficient (Wildman–Crippen LogP) is 9.03. The molecule has 0 fully saturated rings. The number of nitro groups is 1. The zero-order valence-corrected chi connectivity index (χ0v) is 23.3. The van der Waals surface area contributed by atoms with Gasteiger partial charge in [0, 0.05) is 28.0 Å². The fourth-order valence-corrected chi connectivity index (χ4v) is 5.96. The maximum absolute atomic E-state index is 12.2. The van der Waals surface area contributed by atoms with E-state index in [9.17, 15) is 10.1 Å². The molecule has 0 aliphatic rings. The highest BCUT2D eigenvalue weighted by molar-refractivity contribution is 6.12. The van der Waals surface area contributed by atoms with Gasteiger partial charge in [0.2, 0.25) is 5.95 Å². The second-order valence-corrected chi connectivity index (χ2v) is 10.5. The Balaban J connectivity index is 1.41. The number of nitro benzene ring substituents is 1. The van der Waals surface area contributed by atoms with Crippen LogP contribution >= 0.6 is 0 Å². The van der Waals surface area contributed by atoms with Crippen LogP contribution in [0.15, 0.2) is 140 Å². The highest BCUT2D eigenvalue weighted by Gasteiger charge is 2.22. The molecule has 0 N–H and O–H groups in total. The quantitative estimate of drug-likeness (QED) is 0.152. The van der Waals surface area contributed by atoms with Crippen molar-refractivity contribution in [2.24, 2.45) is 0 Å². The van der Waals surface area contributed by atoms with E-state index in [1.807, 2.05) is 126 Å².